The second-order valence-corrected chi connectivity index (χ2v) is 11.0. The molecule has 0 unspecified atom stereocenters. The number of carbonyl (C=O) groups excluding carboxylic acids is 1. The first-order chi connectivity index (χ1) is 23.0. The standard InChI is InChI=1S/C39H31N3O5/c40-23-29-17-20-36-34(21-29)30(25-42(36)24-27-15-18-31(19-16-27)46-26-28-9-3-1-4-10-28)22-35(39(44)45)41-38(43)33-13-7-8-14-37(33)47-32-11-5-2-6-12-32/h1-21,25,35H,22,24,26H2,(H,41,43)(H,44,45)/t35-/m0/s1. The number of amides is 1. The fourth-order valence-electron chi connectivity index (χ4n) is 5.38. The lowest BCUT2D eigenvalue weighted by atomic mass is 10.0. The molecule has 1 atom stereocenters. The molecular weight excluding hydrogens is 590 g/mol. The number of nitriles is 1. The number of ether oxygens (including phenoxy) is 2. The van der Waals surface area contributed by atoms with E-state index in [2.05, 4.69) is 11.4 Å². The summed E-state index contributed by atoms with van der Waals surface area (Å²) < 4.78 is 13.9. The Morgan fingerprint density at radius 2 is 1.51 bits per heavy atom. The van der Waals surface area contributed by atoms with Gasteiger partial charge in [0.25, 0.3) is 5.91 Å². The molecule has 0 aliphatic carbocycles. The third-order valence-corrected chi connectivity index (χ3v) is 7.75. The molecule has 0 aliphatic heterocycles. The number of carboxylic acids is 1. The van der Waals surface area contributed by atoms with Gasteiger partial charge in [0.1, 0.15) is 29.9 Å². The molecule has 0 saturated heterocycles. The Morgan fingerprint density at radius 1 is 0.809 bits per heavy atom. The molecule has 0 saturated carbocycles. The minimum atomic E-state index is -1.24. The van der Waals surface area contributed by atoms with Gasteiger partial charge in [0, 0.05) is 30.1 Å². The van der Waals surface area contributed by atoms with Gasteiger partial charge in [0.2, 0.25) is 0 Å². The zero-order chi connectivity index (χ0) is 32.6. The van der Waals surface area contributed by atoms with Crippen LogP contribution in [-0.4, -0.2) is 27.6 Å². The van der Waals surface area contributed by atoms with Gasteiger partial charge < -0.3 is 24.5 Å². The van der Waals surface area contributed by atoms with E-state index >= 15 is 0 Å². The number of aliphatic carboxylic acids is 1. The summed E-state index contributed by atoms with van der Waals surface area (Å²) in [6.45, 7) is 0.982. The van der Waals surface area contributed by atoms with Crippen molar-refractivity contribution in [1.29, 1.82) is 5.26 Å². The van der Waals surface area contributed by atoms with Crippen molar-refractivity contribution in [1.82, 2.24) is 9.88 Å². The minimum absolute atomic E-state index is 0.00737. The van der Waals surface area contributed by atoms with Crippen molar-refractivity contribution in [3.05, 3.63) is 161 Å². The number of fused-ring (bicyclic) bond motifs is 1. The summed E-state index contributed by atoms with van der Waals surface area (Å²) in [4.78, 5) is 25.9. The van der Waals surface area contributed by atoms with E-state index < -0.39 is 17.9 Å². The van der Waals surface area contributed by atoms with Crippen molar-refractivity contribution in [2.24, 2.45) is 0 Å². The van der Waals surface area contributed by atoms with E-state index in [1.807, 2.05) is 89.6 Å². The molecule has 0 aliphatic rings. The van der Waals surface area contributed by atoms with E-state index in [0.29, 0.717) is 35.8 Å². The second-order valence-electron chi connectivity index (χ2n) is 11.0. The molecule has 1 aromatic heterocycles. The highest BCUT2D eigenvalue weighted by atomic mass is 16.5. The highest BCUT2D eigenvalue weighted by molar-refractivity contribution is 5.99. The third-order valence-electron chi connectivity index (χ3n) is 7.75. The number of rotatable bonds is 12. The maximum atomic E-state index is 13.4. The summed E-state index contributed by atoms with van der Waals surface area (Å²) in [6, 6.07) is 39.8. The van der Waals surface area contributed by atoms with Crippen LogP contribution in [0.3, 0.4) is 0 Å². The summed E-state index contributed by atoms with van der Waals surface area (Å²) >= 11 is 0. The van der Waals surface area contributed by atoms with Gasteiger partial charge in [-0.15, -0.1) is 0 Å². The van der Waals surface area contributed by atoms with Crippen molar-refractivity contribution in [2.45, 2.75) is 25.6 Å². The molecule has 6 aromatic rings. The molecule has 0 spiro atoms. The lowest BCUT2D eigenvalue weighted by Gasteiger charge is -2.16. The summed E-state index contributed by atoms with van der Waals surface area (Å²) in [5.74, 6) is -0.127. The van der Waals surface area contributed by atoms with Crippen molar-refractivity contribution >= 4 is 22.8 Å². The van der Waals surface area contributed by atoms with Crippen molar-refractivity contribution in [3.8, 4) is 23.3 Å². The molecule has 0 fully saturated rings. The summed E-state index contributed by atoms with van der Waals surface area (Å²) in [7, 11) is 0. The topological polar surface area (TPSA) is 114 Å². The van der Waals surface area contributed by atoms with E-state index in [1.165, 1.54) is 0 Å². The maximum absolute atomic E-state index is 13.4. The SMILES string of the molecule is N#Cc1ccc2c(c1)c(C[C@H](NC(=O)c1ccccc1Oc1ccccc1)C(=O)O)cn2Cc1ccc(OCc2ccccc2)cc1. The van der Waals surface area contributed by atoms with Crippen molar-refractivity contribution < 1.29 is 24.2 Å². The lowest BCUT2D eigenvalue weighted by Crippen LogP contribution is -2.42. The highest BCUT2D eigenvalue weighted by Gasteiger charge is 2.25. The van der Waals surface area contributed by atoms with Crippen molar-refractivity contribution in [3.63, 3.8) is 0 Å². The average molecular weight is 622 g/mol. The van der Waals surface area contributed by atoms with Gasteiger partial charge in [-0.2, -0.15) is 5.26 Å². The largest absolute Gasteiger partial charge is 0.489 e. The van der Waals surface area contributed by atoms with Crippen molar-refractivity contribution in [2.75, 3.05) is 0 Å². The molecule has 1 heterocycles. The molecule has 8 nitrogen and oxygen atoms in total. The van der Waals surface area contributed by atoms with Gasteiger partial charge in [-0.25, -0.2) is 4.79 Å². The Labute approximate surface area is 272 Å². The number of para-hydroxylation sites is 2. The fourth-order valence-corrected chi connectivity index (χ4v) is 5.38. The van der Waals surface area contributed by atoms with Crippen LogP contribution in [0, 0.1) is 11.3 Å². The van der Waals surface area contributed by atoms with Crippen LogP contribution >= 0.6 is 0 Å². The number of nitrogens with one attached hydrogen (secondary N) is 1. The quantitative estimate of drug-likeness (QED) is 0.148. The monoisotopic (exact) mass is 621 g/mol. The van der Waals surface area contributed by atoms with Crippen LogP contribution in [0.5, 0.6) is 17.2 Å². The normalized spacial score (nSPS) is 11.4. The van der Waals surface area contributed by atoms with E-state index in [9.17, 15) is 20.0 Å². The molecule has 1 amide bonds. The van der Waals surface area contributed by atoms with Crippen LogP contribution in [0.2, 0.25) is 0 Å². The second kappa shape index (κ2) is 14.2. The molecule has 232 valence electrons. The number of aromatic nitrogens is 1. The van der Waals surface area contributed by atoms with Gasteiger partial charge in [-0.1, -0.05) is 72.8 Å². The first kappa shape index (κ1) is 30.7. The first-order valence-corrected chi connectivity index (χ1v) is 15.1. The molecule has 47 heavy (non-hydrogen) atoms. The molecule has 0 radical (unpaired) electrons. The van der Waals surface area contributed by atoms with Gasteiger partial charge in [-0.05, 0) is 71.3 Å². The summed E-state index contributed by atoms with van der Waals surface area (Å²) in [5.41, 5.74) is 4.32. The number of hydrogen-bond donors (Lipinski definition) is 2. The van der Waals surface area contributed by atoms with E-state index in [4.69, 9.17) is 9.47 Å². The molecule has 5 aromatic carbocycles. The van der Waals surface area contributed by atoms with E-state index in [0.717, 1.165) is 27.8 Å². The number of nitrogens with zero attached hydrogens (tertiary/aromatic N) is 2. The number of carbonyl (C=O) groups is 2. The zero-order valence-electron chi connectivity index (χ0n) is 25.4. The lowest BCUT2D eigenvalue weighted by molar-refractivity contribution is -0.139. The van der Waals surface area contributed by atoms with E-state index in [1.54, 1.807) is 48.5 Å². The van der Waals surface area contributed by atoms with Crippen LogP contribution in [0.15, 0.2) is 134 Å². The zero-order valence-corrected chi connectivity index (χ0v) is 25.4. The molecule has 2 N–H and O–H groups in total. The third kappa shape index (κ3) is 7.49. The van der Waals surface area contributed by atoms with E-state index in [-0.39, 0.29) is 12.0 Å². The Bertz CT molecular complexity index is 2050. The number of benzene rings is 5. The molecule has 8 heteroatoms. The smallest absolute Gasteiger partial charge is 0.326 e. The number of carboxylic acid groups (broad SMARTS) is 1. The fraction of sp³-hybridized carbons (Fsp3) is 0.103. The highest BCUT2D eigenvalue weighted by Crippen LogP contribution is 2.28. The molecule has 6 rings (SSSR count). The average Bonchev–Trinajstić information content (AvgIpc) is 3.44. The Morgan fingerprint density at radius 3 is 2.23 bits per heavy atom. The number of hydrogen-bond acceptors (Lipinski definition) is 5. The molecular formula is C39H31N3O5. The summed E-state index contributed by atoms with van der Waals surface area (Å²) in [5, 5.41) is 23.2. The molecule has 0 bridgehead atoms. The van der Waals surface area contributed by atoms with Crippen LogP contribution in [0.25, 0.3) is 10.9 Å². The summed E-state index contributed by atoms with van der Waals surface area (Å²) in [6.07, 6.45) is 1.90. The first-order valence-electron chi connectivity index (χ1n) is 15.1. The van der Waals surface area contributed by atoms with Crippen LogP contribution in [0.4, 0.5) is 0 Å². The Hall–Kier alpha value is -6.33. The Kier molecular flexibility index (Phi) is 9.26. The van der Waals surface area contributed by atoms with Crippen LogP contribution in [0.1, 0.15) is 32.6 Å². The predicted molar refractivity (Wildman–Crippen MR) is 179 cm³/mol. The predicted octanol–water partition coefficient (Wildman–Crippen LogP) is 7.36. The van der Waals surface area contributed by atoms with Gasteiger partial charge in [-0.3, -0.25) is 4.79 Å². The Balaban J connectivity index is 1.21. The van der Waals surface area contributed by atoms with Crippen LogP contribution in [-0.2, 0) is 24.4 Å². The van der Waals surface area contributed by atoms with Gasteiger partial charge >= 0.3 is 5.97 Å². The maximum Gasteiger partial charge on any atom is 0.326 e. The van der Waals surface area contributed by atoms with Gasteiger partial charge in [0.15, 0.2) is 0 Å². The minimum Gasteiger partial charge on any atom is -0.489 e. The van der Waals surface area contributed by atoms with Crippen LogP contribution < -0.4 is 14.8 Å². The van der Waals surface area contributed by atoms with Gasteiger partial charge in [0.05, 0.1) is 17.2 Å².